The summed E-state index contributed by atoms with van der Waals surface area (Å²) < 4.78 is 109. The zero-order valence-electron chi connectivity index (χ0n) is 67.0. The highest BCUT2D eigenvalue weighted by Gasteiger charge is 2.67. The number of hydrogen-bond donors (Lipinski definition) is 38. The maximum absolute atomic E-state index is 14.0. The van der Waals surface area contributed by atoms with Crippen LogP contribution in [0.25, 0.3) is 0 Å². The molecule has 0 amide bonds. The number of aliphatic carboxylic acids is 3. The van der Waals surface area contributed by atoms with Crippen LogP contribution in [0.15, 0.2) is 0 Å². The first kappa shape index (κ1) is 107. The summed E-state index contributed by atoms with van der Waals surface area (Å²) in [6.45, 7) is -13.2. The van der Waals surface area contributed by atoms with Crippen LogP contribution >= 0.6 is 0 Å². The summed E-state index contributed by atoms with van der Waals surface area (Å²) in [5.74, 6) is -18.4. The van der Waals surface area contributed by atoms with Gasteiger partial charge in [-0.1, -0.05) is 0 Å². The fourth-order valence-electron chi connectivity index (χ4n) is 16.3. The van der Waals surface area contributed by atoms with E-state index in [2.05, 4.69) is 0 Å². The molecular formula is C69H114O60. The fourth-order valence-corrected chi connectivity index (χ4v) is 16.3. The topological polar surface area (TPSA) is 995 Å². The van der Waals surface area contributed by atoms with Gasteiger partial charge in [-0.05, 0) is 0 Å². The van der Waals surface area contributed by atoms with Crippen LogP contribution in [-0.4, -0.2) is 602 Å². The van der Waals surface area contributed by atoms with E-state index >= 15 is 0 Å². The van der Waals surface area contributed by atoms with Crippen molar-refractivity contribution in [1.29, 1.82) is 0 Å². The maximum Gasteiger partial charge on any atom is 0.364 e. The zero-order chi connectivity index (χ0) is 95.7. The SMILES string of the molecule is O=C(O)[C@@]1(O[C@@H]2C[C@](O[C@@H]3C[C@](O)(C(=O)O)O[C@H]([C@H](O)CO)[C@@H]3O[C@H]3O[C@H]([C@@H](O)CO)[C@@H](O)[C@H](O[C@H]4O[C@H]([C@@H](O)CO[C@H]5O[C@H]([C@@H](O)CO)[C@@H](O)[C@H](O)[C@@H]5O)[C@@H](O)[C@H](O[C@H]5O[C@H](CO[C@H]6O[C@H](CO)[C@H](O)[C@H](O)[C@H]6O)[C@@H](O)[C@H](O[C@H]6O[C@H](CO)[C@H](O)[C@H](O)[C@H]6O[C@H]6O[C@H](CO)[C@@H](O)[C@H](O)[C@H]6O)[C@H]5O)[C@@H]4O)[C@@H]3O)(C(=O)O)O[C@H]([C@H](O)CO)[C@@H]2O)C[C@@H](O)[C@@H](O)[C@@H]([C@H](O)CO)O1. The van der Waals surface area contributed by atoms with E-state index < -0.39 is 427 Å². The van der Waals surface area contributed by atoms with Gasteiger partial charge in [0.15, 0.2) is 44.0 Å². The standard InChI is InChI=1S/C69H114O60/c70-4-15(79)46-37(95)35(93)39(97)58(117-46)111-12-20(84)48-42(100)55(121-60-43(101)53(32(90)26(116-60)13-112-57-38(96)33(91)28(86)23(9-75)113-57)123-63-56(36(94)30(88)25(11-77)115-63)124-59-40(98)34(92)29(87)24(10-76)114-59)45(103)62(119-48)122-54-41(99)47(16(80)5-71)118-61(44(54)102)120-52-22(2-67(110,64(104)105)127-51(52)19(83)8-74)126-69(66(108)109)3-21(31(89)50(129-69)18(82)7-73)125-68(65(106)107)1-14(78)27(85)49(128-68)17(81)6-72/h14-63,70-103,110H,1-13H2,(H,104,105)(H,106,107)(H,108,109)/t14-,15+,16+,17-,18-,19-,20+,21-,22-,23-,24-,25-,26-,27-,28+,29-,30+,31-,32-,33+,34+,35+,36+,37+,38-,39+,40-,41-,42-,43-,44+,45+,46-,47-,48-,49-,50-,51-,52-,53+,54+,55+,56-,57+,58+,59-,60-,61-,62-,63-,67-,68-,69-/m1/s1. The van der Waals surface area contributed by atoms with Crippen LogP contribution in [0.2, 0.25) is 0 Å². The molecule has 0 aromatic heterocycles. The molecule has 0 aromatic rings. The summed E-state index contributed by atoms with van der Waals surface area (Å²) in [5, 5.41) is 420. The van der Waals surface area contributed by atoms with Crippen LogP contribution in [0.3, 0.4) is 0 Å². The lowest BCUT2D eigenvalue weighted by Crippen LogP contribution is -2.71. The normalized spacial score (nSPS) is 49.3. The van der Waals surface area contributed by atoms with E-state index in [-0.39, 0.29) is 0 Å². The smallest absolute Gasteiger partial charge is 0.364 e. The van der Waals surface area contributed by atoms with Crippen molar-refractivity contribution < 1.29 is 298 Å². The lowest BCUT2D eigenvalue weighted by molar-refractivity contribution is -0.412. The Morgan fingerprint density at radius 1 is 0.287 bits per heavy atom. The van der Waals surface area contributed by atoms with Crippen molar-refractivity contribution in [3.8, 4) is 0 Å². The monoisotopic (exact) mass is 1900 g/mol. The summed E-state index contributed by atoms with van der Waals surface area (Å²) in [7, 11) is 0. The second-order valence-corrected chi connectivity index (χ2v) is 32.4. The van der Waals surface area contributed by atoms with Crippen LogP contribution < -0.4 is 0 Å². The van der Waals surface area contributed by atoms with Crippen molar-refractivity contribution in [3.63, 3.8) is 0 Å². The predicted octanol–water partition coefficient (Wildman–Crippen LogP) is -25.2. The second-order valence-electron chi connectivity index (χ2n) is 32.4. The average molecular weight is 1900 g/mol. The van der Waals surface area contributed by atoms with Gasteiger partial charge in [0, 0.05) is 19.3 Å². The van der Waals surface area contributed by atoms with Gasteiger partial charge in [-0.2, -0.15) is 0 Å². The van der Waals surface area contributed by atoms with E-state index in [1.54, 1.807) is 0 Å². The van der Waals surface area contributed by atoms with E-state index in [0.717, 1.165) is 0 Å². The molecular weight excluding hydrogens is 1790 g/mol. The van der Waals surface area contributed by atoms with Gasteiger partial charge in [0.25, 0.3) is 17.4 Å². The van der Waals surface area contributed by atoms with Gasteiger partial charge in [-0.25, -0.2) is 14.4 Å². The second kappa shape index (κ2) is 44.8. The first-order chi connectivity index (χ1) is 60.6. The molecule has 10 rings (SSSR count). The van der Waals surface area contributed by atoms with Crippen molar-refractivity contribution in [2.45, 2.75) is 343 Å². The molecule has 60 heteroatoms. The van der Waals surface area contributed by atoms with Crippen molar-refractivity contribution in [2.75, 3.05) is 66.1 Å². The minimum Gasteiger partial charge on any atom is -0.477 e. The largest absolute Gasteiger partial charge is 0.477 e. The van der Waals surface area contributed by atoms with E-state index in [1.165, 1.54) is 0 Å². The van der Waals surface area contributed by atoms with Gasteiger partial charge >= 0.3 is 17.9 Å². The van der Waals surface area contributed by atoms with E-state index in [1.807, 2.05) is 0 Å². The molecule has 0 aliphatic carbocycles. The Kier molecular flexibility index (Phi) is 37.3. The third kappa shape index (κ3) is 22.3. The van der Waals surface area contributed by atoms with Gasteiger partial charge in [0.1, 0.15) is 244 Å². The Bertz CT molecular complexity index is 3500. The predicted molar refractivity (Wildman–Crippen MR) is 381 cm³/mol. The molecule has 10 saturated heterocycles. The fraction of sp³-hybridized carbons (Fsp3) is 0.957. The molecule has 0 spiro atoms. The molecule has 750 valence electrons. The average Bonchev–Trinajstić information content (AvgIpc) is 0.733. The zero-order valence-corrected chi connectivity index (χ0v) is 67.0. The molecule has 10 aliphatic rings. The number of carboxylic acid groups (broad SMARTS) is 3. The van der Waals surface area contributed by atoms with Crippen LogP contribution in [0, 0.1) is 0 Å². The number of aliphatic hydroxyl groups is 35. The Hall–Kier alpha value is -3.75. The molecule has 53 atom stereocenters. The highest BCUT2D eigenvalue weighted by molar-refractivity contribution is 5.77. The van der Waals surface area contributed by atoms with Crippen molar-refractivity contribution in [3.05, 3.63) is 0 Å². The summed E-state index contributed by atoms with van der Waals surface area (Å²) in [4.78, 5) is 40.4. The van der Waals surface area contributed by atoms with Crippen LogP contribution in [0.1, 0.15) is 19.3 Å². The number of aliphatic hydroxyl groups excluding tert-OH is 34. The quantitative estimate of drug-likeness (QED) is 0.0275. The van der Waals surface area contributed by atoms with Crippen molar-refractivity contribution in [1.82, 2.24) is 0 Å². The molecule has 0 bridgehead atoms. The summed E-state index contributed by atoms with van der Waals surface area (Å²) >= 11 is 0. The number of hydrogen-bond acceptors (Lipinski definition) is 57. The van der Waals surface area contributed by atoms with Gasteiger partial charge in [-0.3, -0.25) is 0 Å². The van der Waals surface area contributed by atoms with Crippen LogP contribution in [-0.2, 0) is 104 Å². The molecule has 0 aromatic carbocycles. The lowest BCUT2D eigenvalue weighted by Gasteiger charge is -2.53. The minimum atomic E-state index is -3.85. The molecule has 10 heterocycles. The summed E-state index contributed by atoms with van der Waals surface area (Å²) in [5.41, 5.74) is 0. The number of ether oxygens (including phenoxy) is 19. The highest BCUT2D eigenvalue weighted by atomic mass is 16.8. The number of rotatable bonds is 37. The van der Waals surface area contributed by atoms with Crippen molar-refractivity contribution >= 4 is 17.9 Å². The van der Waals surface area contributed by atoms with E-state index in [9.17, 15) is 208 Å². The van der Waals surface area contributed by atoms with Gasteiger partial charge in [-0.15, -0.1) is 0 Å². The summed E-state index contributed by atoms with van der Waals surface area (Å²) in [6.07, 6.45) is -127. The van der Waals surface area contributed by atoms with Gasteiger partial charge < -0.3 is 284 Å². The Morgan fingerprint density at radius 3 is 1.12 bits per heavy atom. The lowest BCUT2D eigenvalue weighted by atomic mass is 9.88. The summed E-state index contributed by atoms with van der Waals surface area (Å²) in [6, 6.07) is 0. The van der Waals surface area contributed by atoms with Gasteiger partial charge in [0.2, 0.25) is 0 Å². The number of carboxylic acids is 3. The third-order valence-corrected chi connectivity index (χ3v) is 23.7. The third-order valence-electron chi connectivity index (χ3n) is 23.7. The Labute approximate surface area is 723 Å². The Balaban J connectivity index is 1.04. The van der Waals surface area contributed by atoms with Gasteiger partial charge in [0.05, 0.1) is 84.4 Å². The minimum absolute atomic E-state index is 1.07. The molecule has 0 radical (unpaired) electrons. The van der Waals surface area contributed by atoms with E-state index in [0.29, 0.717) is 0 Å². The molecule has 60 nitrogen and oxygen atoms in total. The molecule has 38 N–H and O–H groups in total. The first-order valence-corrected chi connectivity index (χ1v) is 40.1. The van der Waals surface area contributed by atoms with Crippen LogP contribution in [0.4, 0.5) is 0 Å². The Morgan fingerprint density at radius 2 is 0.636 bits per heavy atom. The molecule has 129 heavy (non-hydrogen) atoms. The first-order valence-electron chi connectivity index (χ1n) is 40.1. The maximum atomic E-state index is 14.0. The number of carbonyl (C=O) groups is 3. The van der Waals surface area contributed by atoms with Crippen LogP contribution in [0.5, 0.6) is 0 Å². The molecule has 10 aliphatic heterocycles. The molecule has 0 saturated carbocycles. The molecule has 0 unspecified atom stereocenters. The highest BCUT2D eigenvalue weighted by Crippen LogP contribution is 2.46. The van der Waals surface area contributed by atoms with Crippen molar-refractivity contribution in [2.24, 2.45) is 0 Å². The molecule has 10 fully saturated rings. The van der Waals surface area contributed by atoms with E-state index in [4.69, 9.17) is 90.0 Å².